The monoisotopic (exact) mass is 243 g/mol. The molecule has 0 aliphatic carbocycles. The Bertz CT molecular complexity index is 498. The van der Waals surface area contributed by atoms with E-state index in [4.69, 9.17) is 0 Å². The fourth-order valence-corrected chi connectivity index (χ4v) is 1.66. The van der Waals surface area contributed by atoms with Crippen LogP contribution in [0.25, 0.3) is 11.5 Å². The summed E-state index contributed by atoms with van der Waals surface area (Å²) in [6.07, 6.45) is 4.32. The smallest absolute Gasteiger partial charge is 0.178 e. The average molecular weight is 243 g/mol. The van der Waals surface area contributed by atoms with Crippen LogP contribution < -0.4 is 5.32 Å². The third-order valence-corrected chi connectivity index (χ3v) is 2.45. The van der Waals surface area contributed by atoms with Crippen LogP contribution in [0.1, 0.15) is 24.7 Å². The summed E-state index contributed by atoms with van der Waals surface area (Å²) in [7, 11) is 0. The highest BCUT2D eigenvalue weighted by Crippen LogP contribution is 2.11. The molecule has 0 aromatic carbocycles. The summed E-state index contributed by atoms with van der Waals surface area (Å²) in [5.41, 5.74) is 2.70. The zero-order valence-corrected chi connectivity index (χ0v) is 10.7. The second kappa shape index (κ2) is 6.16. The Morgan fingerprint density at radius 3 is 2.89 bits per heavy atom. The Morgan fingerprint density at radius 1 is 1.28 bits per heavy atom. The summed E-state index contributed by atoms with van der Waals surface area (Å²) >= 11 is 0. The molecule has 2 aromatic rings. The third kappa shape index (κ3) is 3.30. The summed E-state index contributed by atoms with van der Waals surface area (Å²) in [5.74, 6) is 0.658. The van der Waals surface area contributed by atoms with Gasteiger partial charge in [-0.15, -0.1) is 0 Å². The molecule has 0 fully saturated rings. The number of nitrogens with one attached hydrogen (secondary N) is 1. The van der Waals surface area contributed by atoms with Crippen LogP contribution in [-0.4, -0.2) is 26.5 Å². The highest BCUT2D eigenvalue weighted by Gasteiger charge is 2.05. The van der Waals surface area contributed by atoms with E-state index in [2.05, 4.69) is 32.2 Å². The topological polar surface area (TPSA) is 63.6 Å². The van der Waals surface area contributed by atoms with Crippen LogP contribution in [0.3, 0.4) is 0 Å². The molecular formula is C13H17N5. The molecule has 2 heterocycles. The largest absolute Gasteiger partial charge is 0.311 e. The summed E-state index contributed by atoms with van der Waals surface area (Å²) < 4.78 is 0. The maximum absolute atomic E-state index is 4.51. The molecule has 0 aliphatic heterocycles. The minimum atomic E-state index is 0.658. The lowest BCUT2D eigenvalue weighted by Gasteiger charge is -2.06. The summed E-state index contributed by atoms with van der Waals surface area (Å²) in [5, 5.41) is 3.33. The molecule has 0 unspecified atom stereocenters. The normalized spacial score (nSPS) is 10.6. The van der Waals surface area contributed by atoms with Gasteiger partial charge in [-0.1, -0.05) is 6.92 Å². The molecule has 0 radical (unpaired) electrons. The van der Waals surface area contributed by atoms with Gasteiger partial charge < -0.3 is 5.32 Å². The van der Waals surface area contributed by atoms with Crippen molar-refractivity contribution >= 4 is 0 Å². The van der Waals surface area contributed by atoms with E-state index in [9.17, 15) is 0 Å². The van der Waals surface area contributed by atoms with Crippen LogP contribution in [0.4, 0.5) is 0 Å². The van der Waals surface area contributed by atoms with E-state index in [1.54, 1.807) is 6.20 Å². The Hall–Kier alpha value is -1.88. The first-order valence-corrected chi connectivity index (χ1v) is 6.11. The molecule has 2 aromatic heterocycles. The quantitative estimate of drug-likeness (QED) is 0.810. The predicted octanol–water partition coefficient (Wildman–Crippen LogP) is 1.74. The fourth-order valence-electron chi connectivity index (χ4n) is 1.66. The van der Waals surface area contributed by atoms with Crippen LogP contribution in [0.2, 0.25) is 0 Å². The highest BCUT2D eigenvalue weighted by atomic mass is 15.0. The molecule has 0 amide bonds. The summed E-state index contributed by atoms with van der Waals surface area (Å²) in [6, 6.07) is 3.81. The van der Waals surface area contributed by atoms with Crippen molar-refractivity contribution in [1.82, 2.24) is 25.3 Å². The average Bonchev–Trinajstić information content (AvgIpc) is 2.39. The predicted molar refractivity (Wildman–Crippen MR) is 69.8 cm³/mol. The van der Waals surface area contributed by atoms with Gasteiger partial charge >= 0.3 is 0 Å². The molecular weight excluding hydrogens is 226 g/mol. The number of aryl methyl sites for hydroxylation is 1. The Kier molecular flexibility index (Phi) is 4.30. The molecule has 0 aliphatic rings. The lowest BCUT2D eigenvalue weighted by molar-refractivity contribution is 0.662. The van der Waals surface area contributed by atoms with Crippen LogP contribution in [-0.2, 0) is 6.54 Å². The van der Waals surface area contributed by atoms with Gasteiger partial charge in [0, 0.05) is 18.4 Å². The van der Waals surface area contributed by atoms with E-state index < -0.39 is 0 Å². The van der Waals surface area contributed by atoms with Crippen molar-refractivity contribution in [3.05, 3.63) is 36.0 Å². The van der Waals surface area contributed by atoms with Gasteiger partial charge in [-0.3, -0.25) is 0 Å². The van der Waals surface area contributed by atoms with E-state index in [1.807, 2.05) is 19.1 Å². The first-order valence-electron chi connectivity index (χ1n) is 6.11. The molecule has 1 N–H and O–H groups in total. The van der Waals surface area contributed by atoms with Crippen LogP contribution in [0.5, 0.6) is 0 Å². The maximum Gasteiger partial charge on any atom is 0.178 e. The van der Waals surface area contributed by atoms with Crippen LogP contribution >= 0.6 is 0 Å². The fraction of sp³-hybridized carbons (Fsp3) is 0.385. The van der Waals surface area contributed by atoms with Crippen molar-refractivity contribution < 1.29 is 0 Å². The van der Waals surface area contributed by atoms with E-state index in [0.717, 1.165) is 36.6 Å². The Morgan fingerprint density at radius 2 is 2.17 bits per heavy atom. The van der Waals surface area contributed by atoms with Gasteiger partial charge in [-0.2, -0.15) is 0 Å². The SMILES string of the molecule is CCCNCc1cc(C)nc(-c2ccncn2)n1. The Labute approximate surface area is 107 Å². The zero-order valence-electron chi connectivity index (χ0n) is 10.7. The van der Waals surface area contributed by atoms with E-state index in [1.165, 1.54) is 6.33 Å². The molecule has 0 saturated heterocycles. The van der Waals surface area contributed by atoms with Crippen molar-refractivity contribution in [3.8, 4) is 11.5 Å². The van der Waals surface area contributed by atoms with Gasteiger partial charge in [0.25, 0.3) is 0 Å². The third-order valence-electron chi connectivity index (χ3n) is 2.45. The molecule has 0 saturated carbocycles. The highest BCUT2D eigenvalue weighted by molar-refractivity contribution is 5.48. The van der Waals surface area contributed by atoms with Crippen LogP contribution in [0.15, 0.2) is 24.7 Å². The van der Waals surface area contributed by atoms with Crippen molar-refractivity contribution in [1.29, 1.82) is 0 Å². The number of aromatic nitrogens is 4. The number of rotatable bonds is 5. The van der Waals surface area contributed by atoms with E-state index >= 15 is 0 Å². The molecule has 2 rings (SSSR count). The maximum atomic E-state index is 4.51. The molecule has 5 heteroatoms. The first kappa shape index (κ1) is 12.6. The van der Waals surface area contributed by atoms with Gasteiger partial charge in [-0.05, 0) is 32.0 Å². The molecule has 0 spiro atoms. The van der Waals surface area contributed by atoms with Gasteiger partial charge in [0.15, 0.2) is 5.82 Å². The molecule has 94 valence electrons. The number of hydrogen-bond acceptors (Lipinski definition) is 5. The first-order chi connectivity index (χ1) is 8.79. The number of nitrogens with zero attached hydrogens (tertiary/aromatic N) is 4. The molecule has 5 nitrogen and oxygen atoms in total. The minimum absolute atomic E-state index is 0.658. The van der Waals surface area contributed by atoms with Crippen molar-refractivity contribution in [3.63, 3.8) is 0 Å². The van der Waals surface area contributed by atoms with Crippen molar-refractivity contribution in [2.75, 3.05) is 6.54 Å². The standard InChI is InChI=1S/C13H17N5/c1-3-5-14-8-11-7-10(2)17-13(18-11)12-4-6-15-9-16-12/h4,6-7,9,14H,3,5,8H2,1-2H3. The Balaban J connectivity index is 2.21. The lowest BCUT2D eigenvalue weighted by atomic mass is 10.3. The second-order valence-corrected chi connectivity index (χ2v) is 4.10. The van der Waals surface area contributed by atoms with Crippen molar-refractivity contribution in [2.24, 2.45) is 0 Å². The van der Waals surface area contributed by atoms with Crippen molar-refractivity contribution in [2.45, 2.75) is 26.8 Å². The summed E-state index contributed by atoms with van der Waals surface area (Å²) in [4.78, 5) is 17.0. The lowest BCUT2D eigenvalue weighted by Crippen LogP contribution is -2.15. The molecule has 18 heavy (non-hydrogen) atoms. The van der Waals surface area contributed by atoms with Gasteiger partial charge in [0.2, 0.25) is 0 Å². The minimum Gasteiger partial charge on any atom is -0.311 e. The van der Waals surface area contributed by atoms with Gasteiger partial charge in [-0.25, -0.2) is 19.9 Å². The molecule has 0 bridgehead atoms. The summed E-state index contributed by atoms with van der Waals surface area (Å²) in [6.45, 7) is 5.86. The molecule has 0 atom stereocenters. The zero-order chi connectivity index (χ0) is 12.8. The van der Waals surface area contributed by atoms with Gasteiger partial charge in [0.05, 0.1) is 5.69 Å². The van der Waals surface area contributed by atoms with Gasteiger partial charge in [0.1, 0.15) is 12.0 Å². The number of hydrogen-bond donors (Lipinski definition) is 1. The van der Waals surface area contributed by atoms with E-state index in [0.29, 0.717) is 5.82 Å². The van der Waals surface area contributed by atoms with E-state index in [-0.39, 0.29) is 0 Å². The van der Waals surface area contributed by atoms with Crippen LogP contribution in [0, 0.1) is 6.92 Å². The second-order valence-electron chi connectivity index (χ2n) is 4.10.